The van der Waals surface area contributed by atoms with E-state index in [-0.39, 0.29) is 11.8 Å². The van der Waals surface area contributed by atoms with Gasteiger partial charge < -0.3 is 10.6 Å². The Bertz CT molecular complexity index is 1270. The summed E-state index contributed by atoms with van der Waals surface area (Å²) in [6, 6.07) is 24.7. The van der Waals surface area contributed by atoms with Gasteiger partial charge in [-0.05, 0) is 49.2 Å². The quantitative estimate of drug-likeness (QED) is 0.301. The molecule has 4 rings (SSSR count). The molecule has 3 aromatic carbocycles. The van der Waals surface area contributed by atoms with Crippen LogP contribution >= 0.6 is 23.1 Å². The van der Waals surface area contributed by atoms with E-state index in [1.807, 2.05) is 92.0 Å². The second kappa shape index (κ2) is 10.5. The van der Waals surface area contributed by atoms with Crippen LogP contribution in [0.15, 0.2) is 89.1 Å². The van der Waals surface area contributed by atoms with Crippen molar-refractivity contribution in [2.45, 2.75) is 24.0 Å². The number of nitrogens with zero attached hydrogens (tertiary/aromatic N) is 1. The van der Waals surface area contributed by atoms with Crippen molar-refractivity contribution in [3.8, 4) is 0 Å². The third-order valence-corrected chi connectivity index (χ3v) is 7.05. The summed E-state index contributed by atoms with van der Waals surface area (Å²) in [5.74, 6) is -0.304. The van der Waals surface area contributed by atoms with Crippen LogP contribution in [-0.4, -0.2) is 16.8 Å². The molecule has 7 heteroatoms. The first-order chi connectivity index (χ1) is 16.0. The smallest absolute Gasteiger partial charge is 0.255 e. The summed E-state index contributed by atoms with van der Waals surface area (Å²) in [4.78, 5) is 31.1. The average molecular weight is 474 g/mol. The van der Waals surface area contributed by atoms with E-state index in [0.29, 0.717) is 16.4 Å². The number of nitrogens with one attached hydrogen (secondary N) is 2. The van der Waals surface area contributed by atoms with Crippen molar-refractivity contribution in [3.63, 3.8) is 0 Å². The Labute approximate surface area is 201 Å². The first kappa shape index (κ1) is 22.8. The van der Waals surface area contributed by atoms with Gasteiger partial charge in [0.05, 0.1) is 5.69 Å². The van der Waals surface area contributed by atoms with Gasteiger partial charge in [-0.15, -0.1) is 23.1 Å². The van der Waals surface area contributed by atoms with Crippen LogP contribution in [0.5, 0.6) is 0 Å². The highest BCUT2D eigenvalue weighted by atomic mass is 32.2. The summed E-state index contributed by atoms with van der Waals surface area (Å²) in [7, 11) is 0. The maximum Gasteiger partial charge on any atom is 0.255 e. The lowest BCUT2D eigenvalue weighted by Gasteiger charge is -2.17. The molecule has 5 nitrogen and oxygen atoms in total. The summed E-state index contributed by atoms with van der Waals surface area (Å²) in [5, 5.41) is 7.91. The number of carbonyl (C=O) groups excluding carboxylic acids is 2. The van der Waals surface area contributed by atoms with Gasteiger partial charge >= 0.3 is 0 Å². The van der Waals surface area contributed by atoms with Crippen molar-refractivity contribution in [1.29, 1.82) is 0 Å². The van der Waals surface area contributed by atoms with E-state index in [1.54, 1.807) is 6.07 Å². The summed E-state index contributed by atoms with van der Waals surface area (Å²) >= 11 is 2.83. The van der Waals surface area contributed by atoms with E-state index < -0.39 is 5.25 Å². The molecule has 0 saturated carbocycles. The van der Waals surface area contributed by atoms with Crippen molar-refractivity contribution >= 4 is 45.7 Å². The van der Waals surface area contributed by atoms with Gasteiger partial charge in [-0.25, -0.2) is 4.98 Å². The number of benzene rings is 3. The highest BCUT2D eigenvalue weighted by Crippen LogP contribution is 2.37. The van der Waals surface area contributed by atoms with Gasteiger partial charge in [0.2, 0.25) is 5.91 Å². The minimum Gasteiger partial charge on any atom is -0.322 e. The van der Waals surface area contributed by atoms with E-state index in [0.717, 1.165) is 21.7 Å². The highest BCUT2D eigenvalue weighted by molar-refractivity contribution is 8.00. The Kier molecular flexibility index (Phi) is 7.22. The number of aryl methyl sites for hydroxylation is 2. The molecule has 33 heavy (non-hydrogen) atoms. The zero-order chi connectivity index (χ0) is 23.2. The molecule has 2 N–H and O–H groups in total. The number of anilines is 2. The number of carbonyl (C=O) groups is 2. The first-order valence-corrected chi connectivity index (χ1v) is 12.2. The summed E-state index contributed by atoms with van der Waals surface area (Å²) < 4.78 is 0. The number of rotatable bonds is 7. The SMILES string of the molecule is Cc1csc(NC(=O)C(Sc2cccc(NC(=O)c3ccccc3C)c2)c2ccccc2)n1. The largest absolute Gasteiger partial charge is 0.322 e. The third kappa shape index (κ3) is 5.88. The lowest BCUT2D eigenvalue weighted by atomic mass is 10.1. The molecular weight excluding hydrogens is 450 g/mol. The van der Waals surface area contributed by atoms with Crippen LogP contribution in [0.2, 0.25) is 0 Å². The van der Waals surface area contributed by atoms with Crippen LogP contribution in [0.1, 0.15) is 32.4 Å². The number of amides is 2. The van der Waals surface area contributed by atoms with Gasteiger partial charge in [0, 0.05) is 21.5 Å². The minimum atomic E-state index is -0.474. The second-order valence-corrected chi connectivity index (χ2v) is 9.53. The van der Waals surface area contributed by atoms with Gasteiger partial charge in [0.1, 0.15) is 5.25 Å². The van der Waals surface area contributed by atoms with Crippen LogP contribution in [0.25, 0.3) is 0 Å². The normalized spacial score (nSPS) is 11.6. The molecule has 0 radical (unpaired) electrons. The Morgan fingerprint density at radius 1 is 0.909 bits per heavy atom. The molecule has 1 heterocycles. The van der Waals surface area contributed by atoms with Gasteiger partial charge in [-0.1, -0.05) is 54.6 Å². The molecule has 1 unspecified atom stereocenters. The number of hydrogen-bond acceptors (Lipinski definition) is 5. The van der Waals surface area contributed by atoms with Gasteiger partial charge in [-0.3, -0.25) is 9.59 Å². The lowest BCUT2D eigenvalue weighted by molar-refractivity contribution is -0.115. The molecule has 0 bridgehead atoms. The van der Waals surface area contributed by atoms with Crippen molar-refractivity contribution in [1.82, 2.24) is 4.98 Å². The molecule has 0 aliphatic heterocycles. The summed E-state index contributed by atoms with van der Waals surface area (Å²) in [6.07, 6.45) is 0. The molecule has 1 aromatic heterocycles. The summed E-state index contributed by atoms with van der Waals surface area (Å²) in [6.45, 7) is 3.81. The molecule has 0 aliphatic carbocycles. The molecular formula is C26H23N3O2S2. The molecule has 0 aliphatic rings. The fourth-order valence-corrected chi connectivity index (χ4v) is 5.07. The number of hydrogen-bond donors (Lipinski definition) is 2. The van der Waals surface area contributed by atoms with Gasteiger partial charge in [0.25, 0.3) is 5.91 Å². The van der Waals surface area contributed by atoms with Gasteiger partial charge in [0.15, 0.2) is 5.13 Å². The van der Waals surface area contributed by atoms with Crippen LogP contribution in [0.3, 0.4) is 0 Å². The number of aromatic nitrogens is 1. The summed E-state index contributed by atoms with van der Waals surface area (Å²) in [5.41, 5.74) is 3.99. The maximum absolute atomic E-state index is 13.2. The van der Waals surface area contributed by atoms with E-state index >= 15 is 0 Å². The van der Waals surface area contributed by atoms with E-state index in [9.17, 15) is 9.59 Å². The second-order valence-electron chi connectivity index (χ2n) is 7.49. The molecule has 1 atom stereocenters. The fraction of sp³-hybridized carbons (Fsp3) is 0.115. The highest BCUT2D eigenvalue weighted by Gasteiger charge is 2.23. The lowest BCUT2D eigenvalue weighted by Crippen LogP contribution is -2.19. The fourth-order valence-electron chi connectivity index (χ4n) is 3.29. The first-order valence-electron chi connectivity index (χ1n) is 10.4. The molecule has 0 saturated heterocycles. The van der Waals surface area contributed by atoms with E-state index in [1.165, 1.54) is 23.1 Å². The van der Waals surface area contributed by atoms with Gasteiger partial charge in [-0.2, -0.15) is 0 Å². The number of thioether (sulfide) groups is 1. The third-order valence-electron chi connectivity index (χ3n) is 4.93. The topological polar surface area (TPSA) is 71.1 Å². The Morgan fingerprint density at radius 2 is 1.67 bits per heavy atom. The molecule has 0 spiro atoms. The Hall–Kier alpha value is -3.42. The molecule has 2 amide bonds. The van der Waals surface area contributed by atoms with E-state index in [4.69, 9.17) is 0 Å². The monoisotopic (exact) mass is 473 g/mol. The van der Waals surface area contributed by atoms with Crippen LogP contribution in [0.4, 0.5) is 10.8 Å². The van der Waals surface area contributed by atoms with Crippen molar-refractivity contribution in [3.05, 3.63) is 107 Å². The Balaban J connectivity index is 1.54. The van der Waals surface area contributed by atoms with Crippen LogP contribution in [0, 0.1) is 13.8 Å². The van der Waals surface area contributed by atoms with Crippen LogP contribution in [-0.2, 0) is 4.79 Å². The predicted molar refractivity (Wildman–Crippen MR) is 136 cm³/mol. The minimum absolute atomic E-state index is 0.144. The zero-order valence-corrected chi connectivity index (χ0v) is 19.9. The van der Waals surface area contributed by atoms with E-state index in [2.05, 4.69) is 15.6 Å². The number of thiazole rings is 1. The Morgan fingerprint density at radius 3 is 2.39 bits per heavy atom. The standard InChI is InChI=1S/C26H23N3O2S2/c1-17-9-6-7-14-22(17)24(30)28-20-12-8-13-21(15-20)33-23(19-10-4-3-5-11-19)25(31)29-26-27-18(2)16-32-26/h3-16,23H,1-2H3,(H,28,30)(H,27,29,31). The van der Waals surface area contributed by atoms with Crippen molar-refractivity contribution < 1.29 is 9.59 Å². The zero-order valence-electron chi connectivity index (χ0n) is 18.2. The molecule has 4 aromatic rings. The predicted octanol–water partition coefficient (Wildman–Crippen LogP) is 6.48. The maximum atomic E-state index is 13.2. The molecule has 166 valence electrons. The van der Waals surface area contributed by atoms with Crippen molar-refractivity contribution in [2.75, 3.05) is 10.6 Å². The molecule has 0 fully saturated rings. The average Bonchev–Trinajstić information content (AvgIpc) is 3.23. The van der Waals surface area contributed by atoms with Crippen LogP contribution < -0.4 is 10.6 Å². The van der Waals surface area contributed by atoms with Crippen molar-refractivity contribution in [2.24, 2.45) is 0 Å².